The lowest BCUT2D eigenvalue weighted by Crippen LogP contribution is -2.48. The van der Waals surface area contributed by atoms with Crippen LogP contribution in [0.15, 0.2) is 24.4 Å². The Morgan fingerprint density at radius 3 is 2.78 bits per heavy atom. The van der Waals surface area contributed by atoms with Crippen molar-refractivity contribution in [2.75, 3.05) is 7.05 Å². The third-order valence-corrected chi connectivity index (χ3v) is 7.04. The number of fused-ring (bicyclic) bond motifs is 3. The maximum Gasteiger partial charge on any atom is 0.272 e. The Kier molecular flexibility index (Phi) is 4.02. The number of piperidine rings is 1. The van der Waals surface area contributed by atoms with E-state index in [1.54, 1.807) is 11.3 Å². The highest BCUT2D eigenvalue weighted by atomic mass is 32.1. The van der Waals surface area contributed by atoms with E-state index >= 15 is 0 Å². The summed E-state index contributed by atoms with van der Waals surface area (Å²) in [6.07, 6.45) is 6.45. The molecule has 3 atom stereocenters. The van der Waals surface area contributed by atoms with Gasteiger partial charge in [-0.3, -0.25) is 9.89 Å². The zero-order valence-electron chi connectivity index (χ0n) is 15.5. The Bertz CT molecular complexity index is 995. The molecule has 2 bridgehead atoms. The van der Waals surface area contributed by atoms with Gasteiger partial charge in [0, 0.05) is 40.1 Å². The Morgan fingerprint density at radius 2 is 2.07 bits per heavy atom. The van der Waals surface area contributed by atoms with Crippen LogP contribution in [0.1, 0.15) is 41.0 Å². The largest absolute Gasteiger partial charge is 0.348 e. The Hall–Kier alpha value is -2.25. The molecule has 0 saturated carbocycles. The van der Waals surface area contributed by atoms with E-state index in [0.29, 0.717) is 17.8 Å². The molecule has 3 aromatic rings. The van der Waals surface area contributed by atoms with Crippen molar-refractivity contribution in [3.05, 3.63) is 35.0 Å². The first-order valence-corrected chi connectivity index (χ1v) is 10.3. The highest BCUT2D eigenvalue weighted by molar-refractivity contribution is 7.14. The van der Waals surface area contributed by atoms with E-state index in [9.17, 15) is 4.79 Å². The minimum atomic E-state index is -0.0759. The van der Waals surface area contributed by atoms with Gasteiger partial charge in [-0.15, -0.1) is 11.3 Å². The van der Waals surface area contributed by atoms with Gasteiger partial charge in [0.1, 0.15) is 5.01 Å². The third-order valence-electron chi connectivity index (χ3n) is 6.08. The number of nitrogens with one attached hydrogen (secondary N) is 2. The number of thiazole rings is 1. The molecule has 4 heterocycles. The van der Waals surface area contributed by atoms with Crippen molar-refractivity contribution in [3.8, 4) is 10.6 Å². The average Bonchev–Trinajstić information content (AvgIpc) is 3.31. The van der Waals surface area contributed by atoms with Gasteiger partial charge in [0.25, 0.3) is 5.91 Å². The molecule has 1 amide bonds. The maximum atomic E-state index is 12.8. The van der Waals surface area contributed by atoms with Crippen molar-refractivity contribution in [1.82, 2.24) is 25.4 Å². The summed E-state index contributed by atoms with van der Waals surface area (Å²) >= 11 is 1.66. The number of aromatic nitrogens is 3. The van der Waals surface area contributed by atoms with E-state index in [2.05, 4.69) is 32.4 Å². The fourth-order valence-corrected chi connectivity index (χ4v) is 5.36. The number of H-pyrrole nitrogens is 1. The zero-order chi connectivity index (χ0) is 18.5. The van der Waals surface area contributed by atoms with Crippen LogP contribution in [-0.4, -0.2) is 51.2 Å². The molecule has 1 aromatic carbocycles. The second-order valence-corrected chi connectivity index (χ2v) is 9.04. The van der Waals surface area contributed by atoms with E-state index < -0.39 is 0 Å². The van der Waals surface area contributed by atoms with E-state index in [1.807, 2.05) is 31.3 Å². The summed E-state index contributed by atoms with van der Waals surface area (Å²) in [7, 11) is 2.21. The number of rotatable bonds is 3. The lowest BCUT2D eigenvalue weighted by Gasteiger charge is -2.36. The van der Waals surface area contributed by atoms with Gasteiger partial charge in [-0.2, -0.15) is 5.10 Å². The Labute approximate surface area is 162 Å². The quantitative estimate of drug-likeness (QED) is 0.730. The van der Waals surface area contributed by atoms with Gasteiger partial charge in [0.05, 0.1) is 5.52 Å². The number of amides is 1. The third kappa shape index (κ3) is 2.95. The first-order valence-electron chi connectivity index (χ1n) is 9.52. The highest BCUT2D eigenvalue weighted by Crippen LogP contribution is 2.34. The maximum absolute atomic E-state index is 12.8. The molecule has 0 unspecified atom stereocenters. The van der Waals surface area contributed by atoms with Gasteiger partial charge in [-0.1, -0.05) is 6.07 Å². The molecule has 0 radical (unpaired) electrons. The molecule has 2 aliphatic heterocycles. The molecule has 0 aliphatic carbocycles. The second-order valence-electron chi connectivity index (χ2n) is 7.80. The molecule has 140 valence electrons. The summed E-state index contributed by atoms with van der Waals surface area (Å²) in [5, 5.41) is 12.4. The number of carbonyl (C=O) groups is 1. The molecule has 5 rings (SSSR count). The lowest BCUT2D eigenvalue weighted by atomic mass is 9.98. The first kappa shape index (κ1) is 16.9. The van der Waals surface area contributed by atoms with Crippen LogP contribution in [0.3, 0.4) is 0 Å². The molecule has 2 fully saturated rings. The molecular formula is C20H23N5OS. The summed E-state index contributed by atoms with van der Waals surface area (Å²) in [6.45, 7) is 2.05. The number of nitrogens with zero attached hydrogens (tertiary/aromatic N) is 3. The van der Waals surface area contributed by atoms with Crippen LogP contribution < -0.4 is 5.32 Å². The molecule has 2 aromatic heterocycles. The van der Waals surface area contributed by atoms with Crippen LogP contribution in [0, 0.1) is 6.92 Å². The van der Waals surface area contributed by atoms with Crippen molar-refractivity contribution >= 4 is 28.1 Å². The number of hydrogen-bond donors (Lipinski definition) is 2. The highest BCUT2D eigenvalue weighted by Gasteiger charge is 2.39. The van der Waals surface area contributed by atoms with Crippen LogP contribution >= 0.6 is 11.3 Å². The van der Waals surface area contributed by atoms with Crippen LogP contribution in [-0.2, 0) is 0 Å². The fourth-order valence-electron chi connectivity index (χ4n) is 4.60. The average molecular weight is 382 g/mol. The van der Waals surface area contributed by atoms with Crippen molar-refractivity contribution in [3.63, 3.8) is 0 Å². The molecule has 6 nitrogen and oxygen atoms in total. The van der Waals surface area contributed by atoms with Crippen molar-refractivity contribution in [2.45, 2.75) is 50.7 Å². The van der Waals surface area contributed by atoms with Gasteiger partial charge in [-0.05, 0) is 51.8 Å². The standard InChI is InChI=1S/C20H23N5OS/c1-11-10-21-20(27-11)12-3-6-16-17(7-12)23-24-18(16)19(26)22-13-8-14-4-5-15(9-13)25(14)2/h3,6-7,10,13-15H,4-5,8-9H2,1-2H3,(H,22,26)(H,23,24)/t13-,14+,15-. The van der Waals surface area contributed by atoms with Gasteiger partial charge >= 0.3 is 0 Å². The number of carbonyl (C=O) groups excluding carboxylic acids is 1. The number of aromatic amines is 1. The predicted molar refractivity (Wildman–Crippen MR) is 107 cm³/mol. The lowest BCUT2D eigenvalue weighted by molar-refractivity contribution is 0.0879. The topological polar surface area (TPSA) is 73.9 Å². The van der Waals surface area contributed by atoms with E-state index in [4.69, 9.17) is 0 Å². The zero-order valence-corrected chi connectivity index (χ0v) is 16.3. The van der Waals surface area contributed by atoms with Crippen LogP contribution in [0.5, 0.6) is 0 Å². The summed E-state index contributed by atoms with van der Waals surface area (Å²) in [4.78, 5) is 20.9. The van der Waals surface area contributed by atoms with Crippen molar-refractivity contribution < 1.29 is 4.79 Å². The fraction of sp³-hybridized carbons (Fsp3) is 0.450. The number of hydrogen-bond acceptors (Lipinski definition) is 5. The van der Waals surface area contributed by atoms with Crippen molar-refractivity contribution in [1.29, 1.82) is 0 Å². The van der Waals surface area contributed by atoms with E-state index in [-0.39, 0.29) is 11.9 Å². The van der Waals surface area contributed by atoms with Gasteiger partial charge in [0.15, 0.2) is 5.69 Å². The summed E-state index contributed by atoms with van der Waals surface area (Å²) in [5.41, 5.74) is 2.40. The molecule has 27 heavy (non-hydrogen) atoms. The summed E-state index contributed by atoms with van der Waals surface area (Å²) in [5.74, 6) is -0.0759. The van der Waals surface area contributed by atoms with Crippen LogP contribution in [0.4, 0.5) is 0 Å². The second kappa shape index (κ2) is 6.42. The van der Waals surface area contributed by atoms with Crippen LogP contribution in [0.25, 0.3) is 21.5 Å². The monoisotopic (exact) mass is 381 g/mol. The molecule has 0 spiro atoms. The van der Waals surface area contributed by atoms with Gasteiger partial charge in [0.2, 0.25) is 0 Å². The van der Waals surface area contributed by atoms with Crippen molar-refractivity contribution in [2.24, 2.45) is 0 Å². The number of benzene rings is 1. The minimum Gasteiger partial charge on any atom is -0.348 e. The van der Waals surface area contributed by atoms with Crippen LogP contribution in [0.2, 0.25) is 0 Å². The van der Waals surface area contributed by atoms with Gasteiger partial charge in [-0.25, -0.2) is 4.98 Å². The summed E-state index contributed by atoms with van der Waals surface area (Å²) in [6, 6.07) is 7.47. The van der Waals surface area contributed by atoms with E-state index in [0.717, 1.165) is 34.3 Å². The summed E-state index contributed by atoms with van der Waals surface area (Å²) < 4.78 is 0. The van der Waals surface area contributed by atoms with E-state index in [1.165, 1.54) is 17.7 Å². The van der Waals surface area contributed by atoms with Gasteiger partial charge < -0.3 is 10.2 Å². The normalized spacial score (nSPS) is 25.2. The Morgan fingerprint density at radius 1 is 1.30 bits per heavy atom. The predicted octanol–water partition coefficient (Wildman–Crippen LogP) is 3.35. The molecule has 2 saturated heterocycles. The Balaban J connectivity index is 1.36. The SMILES string of the molecule is Cc1cnc(-c2ccc3c(C(=O)N[C@H]4C[C@H]5CC[C@@H](C4)N5C)n[nH]c3c2)s1. The minimum absolute atomic E-state index is 0.0759. The smallest absolute Gasteiger partial charge is 0.272 e. The molecule has 2 N–H and O–H groups in total. The molecule has 7 heteroatoms. The first-order chi connectivity index (χ1) is 13.1. The molecule has 2 aliphatic rings. The number of aryl methyl sites for hydroxylation is 1. The molecular weight excluding hydrogens is 358 g/mol.